The van der Waals surface area contributed by atoms with Gasteiger partial charge in [0.1, 0.15) is 18.1 Å². The summed E-state index contributed by atoms with van der Waals surface area (Å²) in [4.78, 5) is 20.8. The number of methoxy groups -OCH3 is 1. The SMILES string of the molecule is COc1nc2ccccc2nc1CCC(=O)OCc1ccc(F)cc1. The molecule has 3 aromatic rings. The fourth-order valence-electron chi connectivity index (χ4n) is 2.38. The van der Waals surface area contributed by atoms with Crippen molar-refractivity contribution in [3.63, 3.8) is 0 Å². The molecule has 128 valence electrons. The quantitative estimate of drug-likeness (QED) is 0.643. The van der Waals surface area contributed by atoms with Crippen molar-refractivity contribution in [1.82, 2.24) is 9.97 Å². The highest BCUT2D eigenvalue weighted by atomic mass is 19.1. The van der Waals surface area contributed by atoms with Gasteiger partial charge in [-0.1, -0.05) is 24.3 Å². The lowest BCUT2D eigenvalue weighted by atomic mass is 10.2. The van der Waals surface area contributed by atoms with Crippen LogP contribution >= 0.6 is 0 Å². The summed E-state index contributed by atoms with van der Waals surface area (Å²) in [6.07, 6.45) is 0.522. The van der Waals surface area contributed by atoms with Crippen molar-refractivity contribution in [1.29, 1.82) is 0 Å². The first kappa shape index (κ1) is 16.8. The molecule has 0 amide bonds. The van der Waals surface area contributed by atoms with Crippen molar-refractivity contribution < 1.29 is 18.7 Å². The number of hydrogen-bond donors (Lipinski definition) is 0. The molecule has 0 aliphatic heterocycles. The summed E-state index contributed by atoms with van der Waals surface area (Å²) in [5.74, 6) is -0.275. The molecular formula is C19H17FN2O3. The number of halogens is 1. The van der Waals surface area contributed by atoms with E-state index in [2.05, 4.69) is 9.97 Å². The zero-order valence-corrected chi connectivity index (χ0v) is 13.7. The number of fused-ring (bicyclic) bond motifs is 1. The normalized spacial score (nSPS) is 10.6. The second-order valence-corrected chi connectivity index (χ2v) is 5.46. The summed E-state index contributed by atoms with van der Waals surface area (Å²) in [6, 6.07) is 13.3. The lowest BCUT2D eigenvalue weighted by Gasteiger charge is -2.09. The smallest absolute Gasteiger partial charge is 0.306 e. The van der Waals surface area contributed by atoms with Gasteiger partial charge in [0.2, 0.25) is 5.88 Å². The molecule has 0 saturated heterocycles. The van der Waals surface area contributed by atoms with Crippen LogP contribution < -0.4 is 4.74 Å². The van der Waals surface area contributed by atoms with Crippen LogP contribution in [0.25, 0.3) is 11.0 Å². The molecule has 5 nitrogen and oxygen atoms in total. The van der Waals surface area contributed by atoms with Gasteiger partial charge in [-0.2, -0.15) is 0 Å². The first-order valence-corrected chi connectivity index (χ1v) is 7.85. The Labute approximate surface area is 144 Å². The van der Waals surface area contributed by atoms with E-state index in [0.29, 0.717) is 18.0 Å². The van der Waals surface area contributed by atoms with Crippen molar-refractivity contribution in [2.24, 2.45) is 0 Å². The van der Waals surface area contributed by atoms with Gasteiger partial charge in [0, 0.05) is 6.42 Å². The summed E-state index contributed by atoms with van der Waals surface area (Å²) < 4.78 is 23.3. The van der Waals surface area contributed by atoms with E-state index in [1.807, 2.05) is 24.3 Å². The van der Waals surface area contributed by atoms with Crippen LogP contribution in [0.5, 0.6) is 5.88 Å². The minimum Gasteiger partial charge on any atom is -0.480 e. The Hall–Kier alpha value is -3.02. The third-order valence-corrected chi connectivity index (χ3v) is 3.68. The van der Waals surface area contributed by atoms with Gasteiger partial charge in [-0.3, -0.25) is 4.79 Å². The first-order chi connectivity index (χ1) is 12.2. The molecule has 0 N–H and O–H groups in total. The summed E-state index contributed by atoms with van der Waals surface area (Å²) >= 11 is 0. The molecule has 0 unspecified atom stereocenters. The fraction of sp³-hybridized carbons (Fsp3) is 0.211. The van der Waals surface area contributed by atoms with Crippen LogP contribution in [0.4, 0.5) is 4.39 Å². The number of para-hydroxylation sites is 2. The molecule has 25 heavy (non-hydrogen) atoms. The van der Waals surface area contributed by atoms with Crippen LogP contribution in [0.3, 0.4) is 0 Å². The van der Waals surface area contributed by atoms with E-state index < -0.39 is 0 Å². The maximum atomic E-state index is 12.8. The van der Waals surface area contributed by atoms with Crippen molar-refractivity contribution >= 4 is 17.0 Å². The lowest BCUT2D eigenvalue weighted by molar-refractivity contribution is -0.144. The van der Waals surface area contributed by atoms with Gasteiger partial charge >= 0.3 is 5.97 Å². The Morgan fingerprint density at radius 2 is 1.72 bits per heavy atom. The van der Waals surface area contributed by atoms with E-state index in [9.17, 15) is 9.18 Å². The molecule has 6 heteroatoms. The summed E-state index contributed by atoms with van der Waals surface area (Å²) in [7, 11) is 1.52. The second-order valence-electron chi connectivity index (χ2n) is 5.46. The van der Waals surface area contributed by atoms with Gasteiger partial charge in [-0.05, 0) is 29.8 Å². The first-order valence-electron chi connectivity index (χ1n) is 7.85. The second kappa shape index (κ2) is 7.70. The zero-order valence-electron chi connectivity index (χ0n) is 13.7. The number of benzene rings is 2. The zero-order chi connectivity index (χ0) is 17.6. The number of carbonyl (C=O) groups is 1. The number of esters is 1. The minimum atomic E-state index is -0.360. The van der Waals surface area contributed by atoms with Crippen molar-refractivity contribution in [2.75, 3.05) is 7.11 Å². The molecule has 0 atom stereocenters. The third-order valence-electron chi connectivity index (χ3n) is 3.68. The van der Waals surface area contributed by atoms with Crippen LogP contribution in [0.2, 0.25) is 0 Å². The number of nitrogens with zero attached hydrogens (tertiary/aromatic N) is 2. The largest absolute Gasteiger partial charge is 0.480 e. The van der Waals surface area contributed by atoms with E-state index >= 15 is 0 Å². The summed E-state index contributed by atoms with van der Waals surface area (Å²) in [5.41, 5.74) is 2.83. The van der Waals surface area contributed by atoms with Crippen LogP contribution in [0.15, 0.2) is 48.5 Å². The molecule has 0 aliphatic carbocycles. The van der Waals surface area contributed by atoms with E-state index in [1.54, 1.807) is 12.1 Å². The monoisotopic (exact) mass is 340 g/mol. The van der Waals surface area contributed by atoms with Gasteiger partial charge in [-0.25, -0.2) is 14.4 Å². The molecule has 1 aromatic heterocycles. The molecule has 0 fully saturated rings. The molecule has 2 aromatic carbocycles. The van der Waals surface area contributed by atoms with Crippen LogP contribution in [-0.2, 0) is 22.6 Å². The number of rotatable bonds is 6. The third kappa shape index (κ3) is 4.29. The van der Waals surface area contributed by atoms with E-state index in [-0.39, 0.29) is 24.8 Å². The van der Waals surface area contributed by atoms with Crippen LogP contribution in [-0.4, -0.2) is 23.0 Å². The van der Waals surface area contributed by atoms with Crippen molar-refractivity contribution in [3.8, 4) is 5.88 Å². The van der Waals surface area contributed by atoms with Crippen molar-refractivity contribution in [3.05, 3.63) is 65.6 Å². The topological polar surface area (TPSA) is 61.3 Å². The van der Waals surface area contributed by atoms with E-state index in [1.165, 1.54) is 19.2 Å². The highest BCUT2D eigenvalue weighted by Gasteiger charge is 2.12. The number of aryl methyl sites for hydroxylation is 1. The molecule has 0 spiro atoms. The Morgan fingerprint density at radius 1 is 1.04 bits per heavy atom. The maximum absolute atomic E-state index is 12.8. The van der Waals surface area contributed by atoms with Gasteiger partial charge in [0.15, 0.2) is 0 Å². The van der Waals surface area contributed by atoms with Crippen LogP contribution in [0, 0.1) is 5.82 Å². The highest BCUT2D eigenvalue weighted by molar-refractivity contribution is 5.75. The molecule has 0 saturated carbocycles. The summed E-state index contributed by atoms with van der Waals surface area (Å²) in [6.45, 7) is 0.111. The number of ether oxygens (including phenoxy) is 2. The summed E-state index contributed by atoms with van der Waals surface area (Å²) in [5, 5.41) is 0. The Morgan fingerprint density at radius 3 is 2.40 bits per heavy atom. The standard InChI is InChI=1S/C19H17FN2O3/c1-24-19-17(21-15-4-2-3-5-16(15)22-19)10-11-18(23)25-12-13-6-8-14(20)9-7-13/h2-9H,10-12H2,1H3. The Balaban J connectivity index is 1.61. The minimum absolute atomic E-state index is 0.111. The number of aromatic nitrogens is 2. The Kier molecular flexibility index (Phi) is 5.18. The van der Waals surface area contributed by atoms with Gasteiger partial charge < -0.3 is 9.47 Å². The fourth-order valence-corrected chi connectivity index (χ4v) is 2.38. The predicted octanol–water partition coefficient (Wildman–Crippen LogP) is 3.45. The van der Waals surface area contributed by atoms with Gasteiger partial charge in [-0.15, -0.1) is 0 Å². The van der Waals surface area contributed by atoms with E-state index in [4.69, 9.17) is 9.47 Å². The molecule has 0 bridgehead atoms. The number of carbonyl (C=O) groups excluding carboxylic acids is 1. The Bertz CT molecular complexity index is 881. The predicted molar refractivity (Wildman–Crippen MR) is 90.6 cm³/mol. The van der Waals surface area contributed by atoms with Gasteiger partial charge in [0.05, 0.1) is 24.6 Å². The average Bonchev–Trinajstić information content (AvgIpc) is 2.65. The lowest BCUT2D eigenvalue weighted by Crippen LogP contribution is -2.08. The van der Waals surface area contributed by atoms with Crippen molar-refractivity contribution in [2.45, 2.75) is 19.4 Å². The number of hydrogen-bond acceptors (Lipinski definition) is 5. The molecule has 3 rings (SSSR count). The molecule has 0 aliphatic rings. The molecule has 0 radical (unpaired) electrons. The highest BCUT2D eigenvalue weighted by Crippen LogP contribution is 2.20. The van der Waals surface area contributed by atoms with Crippen LogP contribution in [0.1, 0.15) is 17.7 Å². The molecular weight excluding hydrogens is 323 g/mol. The van der Waals surface area contributed by atoms with E-state index in [0.717, 1.165) is 16.6 Å². The van der Waals surface area contributed by atoms with Gasteiger partial charge in [0.25, 0.3) is 0 Å². The molecule has 1 heterocycles. The maximum Gasteiger partial charge on any atom is 0.306 e. The average molecular weight is 340 g/mol.